The predicted octanol–water partition coefficient (Wildman–Crippen LogP) is 2.88. The van der Waals surface area contributed by atoms with Crippen LogP contribution in [0.2, 0.25) is 0 Å². The molecule has 1 aromatic carbocycles. The lowest BCUT2D eigenvalue weighted by Gasteiger charge is -2.09. The van der Waals surface area contributed by atoms with E-state index in [9.17, 15) is 0 Å². The van der Waals surface area contributed by atoms with Crippen molar-refractivity contribution in [1.29, 1.82) is 0 Å². The molecule has 0 bridgehead atoms. The first kappa shape index (κ1) is 9.99. The van der Waals surface area contributed by atoms with Gasteiger partial charge in [-0.25, -0.2) is 0 Å². The Morgan fingerprint density at radius 1 is 1.42 bits per heavy atom. The SMILES string of the molecule is CO[C@@H](C)[CH]c1ccccc1I. The number of halogens is 1. The molecule has 2 heteroatoms. The molecule has 0 saturated carbocycles. The normalized spacial score (nSPS) is 12.9. The van der Waals surface area contributed by atoms with Gasteiger partial charge in [-0.15, -0.1) is 0 Å². The van der Waals surface area contributed by atoms with Crippen molar-refractivity contribution in [2.45, 2.75) is 13.0 Å². The van der Waals surface area contributed by atoms with Crippen LogP contribution in [0.25, 0.3) is 0 Å². The maximum Gasteiger partial charge on any atom is 0.0618 e. The van der Waals surface area contributed by atoms with E-state index in [0.717, 1.165) is 0 Å². The molecule has 1 aromatic rings. The van der Waals surface area contributed by atoms with E-state index in [2.05, 4.69) is 41.1 Å². The summed E-state index contributed by atoms with van der Waals surface area (Å²) in [6, 6.07) is 8.26. The van der Waals surface area contributed by atoms with Crippen molar-refractivity contribution in [3.63, 3.8) is 0 Å². The van der Waals surface area contributed by atoms with Crippen LogP contribution >= 0.6 is 22.6 Å². The average Bonchev–Trinajstić information content (AvgIpc) is 2.09. The molecule has 0 heterocycles. The molecule has 1 rings (SSSR count). The summed E-state index contributed by atoms with van der Waals surface area (Å²) < 4.78 is 6.41. The third-order valence-corrected chi connectivity index (χ3v) is 2.67. The molecule has 65 valence electrons. The largest absolute Gasteiger partial charge is 0.381 e. The Morgan fingerprint density at radius 2 is 2.08 bits per heavy atom. The van der Waals surface area contributed by atoms with Gasteiger partial charge in [-0.1, -0.05) is 18.2 Å². The van der Waals surface area contributed by atoms with Crippen LogP contribution in [-0.4, -0.2) is 13.2 Å². The Hall–Kier alpha value is -0.0900. The highest BCUT2D eigenvalue weighted by Crippen LogP contribution is 2.15. The van der Waals surface area contributed by atoms with Crippen LogP contribution in [0.15, 0.2) is 24.3 Å². The smallest absolute Gasteiger partial charge is 0.0618 e. The van der Waals surface area contributed by atoms with Gasteiger partial charge in [0.05, 0.1) is 6.10 Å². The van der Waals surface area contributed by atoms with Gasteiger partial charge in [0.15, 0.2) is 0 Å². The fraction of sp³-hybridized carbons (Fsp3) is 0.300. The minimum atomic E-state index is 0.181. The molecule has 0 aliphatic heterocycles. The van der Waals surface area contributed by atoms with Gasteiger partial charge >= 0.3 is 0 Å². The second-order valence-corrected chi connectivity index (χ2v) is 3.79. The van der Waals surface area contributed by atoms with E-state index in [1.807, 2.05) is 19.1 Å². The summed E-state index contributed by atoms with van der Waals surface area (Å²) in [5.74, 6) is 0. The molecule has 0 spiro atoms. The van der Waals surface area contributed by atoms with Crippen LogP contribution in [-0.2, 0) is 4.74 Å². The van der Waals surface area contributed by atoms with Crippen LogP contribution in [0, 0.1) is 9.99 Å². The number of hydrogen-bond acceptors (Lipinski definition) is 1. The van der Waals surface area contributed by atoms with Gasteiger partial charge in [0.25, 0.3) is 0 Å². The van der Waals surface area contributed by atoms with Gasteiger partial charge in [-0.3, -0.25) is 0 Å². The Kier molecular flexibility index (Phi) is 4.01. The Balaban J connectivity index is 2.69. The first-order valence-corrected chi connectivity index (χ1v) is 4.94. The molecule has 12 heavy (non-hydrogen) atoms. The van der Waals surface area contributed by atoms with Gasteiger partial charge in [0, 0.05) is 17.1 Å². The van der Waals surface area contributed by atoms with Crippen LogP contribution in [0.1, 0.15) is 12.5 Å². The Bertz CT molecular complexity index is 247. The zero-order chi connectivity index (χ0) is 8.97. The monoisotopic (exact) mass is 275 g/mol. The maximum absolute atomic E-state index is 5.15. The predicted molar refractivity (Wildman–Crippen MR) is 59.0 cm³/mol. The summed E-state index contributed by atoms with van der Waals surface area (Å²) in [6.45, 7) is 2.03. The lowest BCUT2D eigenvalue weighted by molar-refractivity contribution is 0.146. The van der Waals surface area contributed by atoms with E-state index in [-0.39, 0.29) is 6.10 Å². The molecular formula is C10H12IO. The summed E-state index contributed by atoms with van der Waals surface area (Å²) in [7, 11) is 1.72. The number of benzene rings is 1. The molecule has 1 nitrogen and oxygen atoms in total. The lowest BCUT2D eigenvalue weighted by Crippen LogP contribution is -2.06. The number of hydrogen-bond donors (Lipinski definition) is 0. The number of ether oxygens (including phenoxy) is 1. The summed E-state index contributed by atoms with van der Waals surface area (Å²) >= 11 is 2.32. The summed E-state index contributed by atoms with van der Waals surface area (Å²) in [5.41, 5.74) is 1.24. The molecule has 0 N–H and O–H groups in total. The molecule has 1 radical (unpaired) electrons. The van der Waals surface area contributed by atoms with Crippen molar-refractivity contribution in [2.75, 3.05) is 7.11 Å². The van der Waals surface area contributed by atoms with Gasteiger partial charge < -0.3 is 4.74 Å². The summed E-state index contributed by atoms with van der Waals surface area (Å²) in [5, 5.41) is 0. The minimum absolute atomic E-state index is 0.181. The molecule has 0 amide bonds. The van der Waals surface area contributed by atoms with Crippen molar-refractivity contribution >= 4 is 22.6 Å². The highest BCUT2D eigenvalue weighted by molar-refractivity contribution is 14.1. The quantitative estimate of drug-likeness (QED) is 0.771. The molecular weight excluding hydrogens is 263 g/mol. The van der Waals surface area contributed by atoms with E-state index in [1.165, 1.54) is 9.13 Å². The van der Waals surface area contributed by atoms with Crippen molar-refractivity contribution in [3.05, 3.63) is 39.8 Å². The third kappa shape index (κ3) is 2.75. The van der Waals surface area contributed by atoms with Crippen molar-refractivity contribution in [2.24, 2.45) is 0 Å². The zero-order valence-electron chi connectivity index (χ0n) is 7.25. The molecule has 0 saturated heterocycles. The Labute approximate surface area is 87.3 Å². The van der Waals surface area contributed by atoms with Gasteiger partial charge in [0.1, 0.15) is 0 Å². The summed E-state index contributed by atoms with van der Waals surface area (Å²) in [6.07, 6.45) is 2.29. The second kappa shape index (κ2) is 4.82. The van der Waals surface area contributed by atoms with Gasteiger partial charge in [0.2, 0.25) is 0 Å². The third-order valence-electron chi connectivity index (χ3n) is 1.69. The molecule has 0 unspecified atom stereocenters. The molecule has 0 aliphatic rings. The van der Waals surface area contributed by atoms with E-state index in [1.54, 1.807) is 7.11 Å². The maximum atomic E-state index is 5.15. The second-order valence-electron chi connectivity index (χ2n) is 2.63. The zero-order valence-corrected chi connectivity index (χ0v) is 9.41. The molecule has 0 fully saturated rings. The highest BCUT2D eigenvalue weighted by atomic mass is 127. The first-order chi connectivity index (χ1) is 5.74. The fourth-order valence-corrected chi connectivity index (χ4v) is 1.50. The fourth-order valence-electron chi connectivity index (χ4n) is 0.931. The lowest BCUT2D eigenvalue weighted by atomic mass is 10.1. The summed E-state index contributed by atoms with van der Waals surface area (Å²) in [4.78, 5) is 0. The van der Waals surface area contributed by atoms with Gasteiger partial charge in [-0.05, 0) is 41.1 Å². The van der Waals surface area contributed by atoms with Crippen LogP contribution in [0.5, 0.6) is 0 Å². The molecule has 0 aromatic heterocycles. The van der Waals surface area contributed by atoms with Crippen LogP contribution < -0.4 is 0 Å². The van der Waals surface area contributed by atoms with Crippen LogP contribution in [0.4, 0.5) is 0 Å². The number of methoxy groups -OCH3 is 1. The standard InChI is InChI=1S/C10H12IO/c1-8(12-2)7-9-5-3-4-6-10(9)11/h3-8H,1-2H3/t8-/m0/s1. The topological polar surface area (TPSA) is 9.23 Å². The van der Waals surface area contributed by atoms with Crippen LogP contribution in [0.3, 0.4) is 0 Å². The average molecular weight is 275 g/mol. The van der Waals surface area contributed by atoms with Crippen molar-refractivity contribution in [3.8, 4) is 0 Å². The van der Waals surface area contributed by atoms with Gasteiger partial charge in [-0.2, -0.15) is 0 Å². The van der Waals surface area contributed by atoms with E-state index in [0.29, 0.717) is 0 Å². The first-order valence-electron chi connectivity index (χ1n) is 3.86. The van der Waals surface area contributed by atoms with Crippen molar-refractivity contribution < 1.29 is 4.74 Å². The minimum Gasteiger partial charge on any atom is -0.381 e. The van der Waals surface area contributed by atoms with E-state index >= 15 is 0 Å². The van der Waals surface area contributed by atoms with E-state index in [4.69, 9.17) is 4.74 Å². The molecule has 1 atom stereocenters. The molecule has 0 aliphatic carbocycles. The highest BCUT2D eigenvalue weighted by Gasteiger charge is 2.04. The van der Waals surface area contributed by atoms with Crippen molar-refractivity contribution in [1.82, 2.24) is 0 Å². The van der Waals surface area contributed by atoms with E-state index < -0.39 is 0 Å². The number of rotatable bonds is 3. The Morgan fingerprint density at radius 3 is 2.67 bits per heavy atom.